The first-order valence-electron chi connectivity index (χ1n) is 7.21. The molecule has 1 aromatic heterocycles. The Morgan fingerprint density at radius 2 is 1.62 bits per heavy atom. The van der Waals surface area contributed by atoms with Gasteiger partial charge in [0.25, 0.3) is 5.56 Å². The molecule has 106 valence electrons. The van der Waals surface area contributed by atoms with E-state index in [1.54, 1.807) is 10.7 Å². The Morgan fingerprint density at radius 1 is 1.00 bits per heavy atom. The number of aromatic nitrogens is 2. The summed E-state index contributed by atoms with van der Waals surface area (Å²) in [6.45, 7) is 2.09. The SMILES string of the molecule is CCC(c1ccccc1)n1[nH]c(-c2ccccc2)cc1=O. The number of benzene rings is 2. The second-order valence-corrected chi connectivity index (χ2v) is 5.08. The Bertz CT molecular complexity index is 757. The van der Waals surface area contributed by atoms with Crippen LogP contribution in [0.2, 0.25) is 0 Å². The molecule has 0 fully saturated rings. The van der Waals surface area contributed by atoms with Gasteiger partial charge in [0.2, 0.25) is 0 Å². The van der Waals surface area contributed by atoms with Crippen molar-refractivity contribution < 1.29 is 0 Å². The molecule has 1 unspecified atom stereocenters. The van der Waals surface area contributed by atoms with Gasteiger partial charge in [0.15, 0.2) is 0 Å². The van der Waals surface area contributed by atoms with E-state index in [1.165, 1.54) is 0 Å². The van der Waals surface area contributed by atoms with Crippen molar-refractivity contribution in [2.75, 3.05) is 0 Å². The van der Waals surface area contributed by atoms with Crippen LogP contribution in [0.15, 0.2) is 71.5 Å². The molecule has 0 saturated carbocycles. The molecule has 0 aliphatic carbocycles. The zero-order valence-electron chi connectivity index (χ0n) is 12.0. The third-order valence-electron chi connectivity index (χ3n) is 3.71. The third-order valence-corrected chi connectivity index (χ3v) is 3.71. The minimum Gasteiger partial charge on any atom is -0.294 e. The Hall–Kier alpha value is -2.55. The van der Waals surface area contributed by atoms with E-state index in [0.717, 1.165) is 23.2 Å². The topological polar surface area (TPSA) is 37.8 Å². The van der Waals surface area contributed by atoms with Crippen molar-refractivity contribution in [1.82, 2.24) is 9.78 Å². The second-order valence-electron chi connectivity index (χ2n) is 5.08. The first kappa shape index (κ1) is 13.4. The normalized spacial score (nSPS) is 12.2. The van der Waals surface area contributed by atoms with E-state index < -0.39 is 0 Å². The van der Waals surface area contributed by atoms with Crippen molar-refractivity contribution >= 4 is 0 Å². The molecule has 3 heteroatoms. The first-order chi connectivity index (χ1) is 10.3. The molecule has 0 bridgehead atoms. The Morgan fingerprint density at radius 3 is 2.24 bits per heavy atom. The molecule has 0 aliphatic rings. The highest BCUT2D eigenvalue weighted by Gasteiger charge is 2.15. The van der Waals surface area contributed by atoms with Gasteiger partial charge in [-0.15, -0.1) is 0 Å². The lowest BCUT2D eigenvalue weighted by Gasteiger charge is -2.16. The van der Waals surface area contributed by atoms with Crippen LogP contribution in [0.5, 0.6) is 0 Å². The van der Waals surface area contributed by atoms with E-state index >= 15 is 0 Å². The van der Waals surface area contributed by atoms with Crippen molar-refractivity contribution in [3.63, 3.8) is 0 Å². The molecule has 3 nitrogen and oxygen atoms in total. The van der Waals surface area contributed by atoms with Gasteiger partial charge in [0, 0.05) is 6.07 Å². The van der Waals surface area contributed by atoms with Crippen LogP contribution in [0.1, 0.15) is 24.9 Å². The predicted octanol–water partition coefficient (Wildman–Crippen LogP) is 3.84. The van der Waals surface area contributed by atoms with E-state index in [-0.39, 0.29) is 11.6 Å². The lowest BCUT2D eigenvalue weighted by molar-refractivity contribution is 0.496. The van der Waals surface area contributed by atoms with Gasteiger partial charge in [-0.25, -0.2) is 4.68 Å². The van der Waals surface area contributed by atoms with Crippen LogP contribution in [-0.4, -0.2) is 9.78 Å². The van der Waals surface area contributed by atoms with Crippen molar-refractivity contribution in [2.45, 2.75) is 19.4 Å². The van der Waals surface area contributed by atoms with Crippen LogP contribution in [0, 0.1) is 0 Å². The van der Waals surface area contributed by atoms with Crippen molar-refractivity contribution in [3.8, 4) is 11.3 Å². The van der Waals surface area contributed by atoms with Gasteiger partial charge in [0.05, 0.1) is 11.7 Å². The second kappa shape index (κ2) is 5.83. The maximum Gasteiger partial charge on any atom is 0.267 e. The van der Waals surface area contributed by atoms with Gasteiger partial charge in [-0.1, -0.05) is 67.6 Å². The summed E-state index contributed by atoms with van der Waals surface area (Å²) >= 11 is 0. The van der Waals surface area contributed by atoms with Crippen molar-refractivity contribution in [2.24, 2.45) is 0 Å². The fraction of sp³-hybridized carbons (Fsp3) is 0.167. The highest BCUT2D eigenvalue weighted by atomic mass is 16.1. The van der Waals surface area contributed by atoms with E-state index in [4.69, 9.17) is 0 Å². The first-order valence-corrected chi connectivity index (χ1v) is 7.21. The molecule has 2 aromatic carbocycles. The van der Waals surface area contributed by atoms with Crippen LogP contribution in [0.3, 0.4) is 0 Å². The minimum absolute atomic E-state index is 0.00422. The Kier molecular flexibility index (Phi) is 3.73. The van der Waals surface area contributed by atoms with Crippen LogP contribution < -0.4 is 5.56 Å². The number of hydrogen-bond acceptors (Lipinski definition) is 1. The molecule has 3 aromatic rings. The smallest absolute Gasteiger partial charge is 0.267 e. The van der Waals surface area contributed by atoms with Gasteiger partial charge in [-0.2, -0.15) is 0 Å². The summed E-state index contributed by atoms with van der Waals surface area (Å²) in [5, 5.41) is 3.25. The summed E-state index contributed by atoms with van der Waals surface area (Å²) in [6.07, 6.45) is 0.860. The van der Waals surface area contributed by atoms with Crippen molar-refractivity contribution in [3.05, 3.63) is 82.6 Å². The van der Waals surface area contributed by atoms with Crippen molar-refractivity contribution in [1.29, 1.82) is 0 Å². The van der Waals surface area contributed by atoms with Gasteiger partial charge < -0.3 is 0 Å². The molecular weight excluding hydrogens is 260 g/mol. The summed E-state index contributed by atoms with van der Waals surface area (Å²) in [6, 6.07) is 21.7. The molecule has 21 heavy (non-hydrogen) atoms. The lowest BCUT2D eigenvalue weighted by Crippen LogP contribution is -2.22. The third kappa shape index (κ3) is 2.68. The number of rotatable bonds is 4. The van der Waals surface area contributed by atoms with Crippen LogP contribution >= 0.6 is 0 Å². The van der Waals surface area contributed by atoms with Gasteiger partial charge in [-0.3, -0.25) is 9.89 Å². The molecule has 1 atom stereocenters. The van der Waals surface area contributed by atoms with Crippen LogP contribution in [0.25, 0.3) is 11.3 Å². The summed E-state index contributed by atoms with van der Waals surface area (Å²) in [5.74, 6) is 0. The summed E-state index contributed by atoms with van der Waals surface area (Å²) in [7, 11) is 0. The van der Waals surface area contributed by atoms with E-state index in [1.807, 2.05) is 48.5 Å². The average molecular weight is 278 g/mol. The zero-order chi connectivity index (χ0) is 14.7. The number of aromatic amines is 1. The highest BCUT2D eigenvalue weighted by Crippen LogP contribution is 2.21. The molecule has 1 heterocycles. The number of nitrogens with one attached hydrogen (secondary N) is 1. The summed E-state index contributed by atoms with van der Waals surface area (Å²) < 4.78 is 1.72. The average Bonchev–Trinajstić information content (AvgIpc) is 2.92. The summed E-state index contributed by atoms with van der Waals surface area (Å²) in [4.78, 5) is 12.3. The monoisotopic (exact) mass is 278 g/mol. The number of nitrogens with zero attached hydrogens (tertiary/aromatic N) is 1. The quantitative estimate of drug-likeness (QED) is 0.773. The maximum absolute atomic E-state index is 12.3. The van der Waals surface area contributed by atoms with E-state index in [2.05, 4.69) is 24.2 Å². The fourth-order valence-electron chi connectivity index (χ4n) is 2.65. The van der Waals surface area contributed by atoms with Gasteiger partial charge in [0.1, 0.15) is 0 Å². The Balaban J connectivity index is 2.03. The predicted molar refractivity (Wildman–Crippen MR) is 85.4 cm³/mol. The molecule has 0 spiro atoms. The molecule has 1 N–H and O–H groups in total. The highest BCUT2D eigenvalue weighted by molar-refractivity contribution is 5.58. The number of H-pyrrole nitrogens is 1. The van der Waals surface area contributed by atoms with E-state index in [9.17, 15) is 4.79 Å². The molecular formula is C18H18N2O. The van der Waals surface area contributed by atoms with Crippen LogP contribution in [0.4, 0.5) is 0 Å². The fourth-order valence-corrected chi connectivity index (χ4v) is 2.65. The standard InChI is InChI=1S/C18H18N2O/c1-2-17(15-11-7-4-8-12-15)20-18(21)13-16(19-20)14-9-5-3-6-10-14/h3-13,17,19H,2H2,1H3. The lowest BCUT2D eigenvalue weighted by atomic mass is 10.1. The van der Waals surface area contributed by atoms with Crippen LogP contribution in [-0.2, 0) is 0 Å². The number of hydrogen-bond donors (Lipinski definition) is 1. The largest absolute Gasteiger partial charge is 0.294 e. The minimum atomic E-state index is 0.00422. The maximum atomic E-state index is 12.3. The zero-order valence-corrected chi connectivity index (χ0v) is 12.0. The molecule has 3 rings (SSSR count). The summed E-state index contributed by atoms with van der Waals surface area (Å²) in [5.41, 5.74) is 3.03. The molecule has 0 amide bonds. The Labute approximate surface area is 123 Å². The molecule has 0 saturated heterocycles. The van der Waals surface area contributed by atoms with Gasteiger partial charge in [-0.05, 0) is 17.5 Å². The molecule has 0 radical (unpaired) electrons. The van der Waals surface area contributed by atoms with Gasteiger partial charge >= 0.3 is 0 Å². The van der Waals surface area contributed by atoms with E-state index in [0.29, 0.717) is 0 Å². The molecule has 0 aliphatic heterocycles.